The Morgan fingerprint density at radius 1 is 1.29 bits per heavy atom. The van der Waals surface area contributed by atoms with E-state index in [0.29, 0.717) is 13.0 Å². The van der Waals surface area contributed by atoms with E-state index in [9.17, 15) is 4.79 Å². The van der Waals surface area contributed by atoms with Crippen molar-refractivity contribution in [2.24, 2.45) is 5.73 Å². The van der Waals surface area contributed by atoms with Gasteiger partial charge in [0, 0.05) is 12.6 Å². The molecule has 0 saturated carbocycles. The average molecular weight is 257 g/mol. The Morgan fingerprint density at radius 3 is 2.29 bits per heavy atom. The van der Waals surface area contributed by atoms with Crippen LogP contribution in [0.25, 0.3) is 0 Å². The molecular formula is C13H21ClN2O. The number of aryl methyl sites for hydroxylation is 1. The first kappa shape index (κ1) is 15.9. The maximum atomic E-state index is 11.6. The van der Waals surface area contributed by atoms with Crippen LogP contribution in [-0.4, -0.2) is 18.5 Å². The van der Waals surface area contributed by atoms with Crippen LogP contribution in [-0.2, 0) is 17.6 Å². The molecule has 1 aromatic carbocycles. The molecule has 0 fully saturated rings. The van der Waals surface area contributed by atoms with Gasteiger partial charge in [-0.2, -0.15) is 0 Å². The molecule has 0 aliphatic heterocycles. The van der Waals surface area contributed by atoms with Crippen molar-refractivity contribution in [1.82, 2.24) is 5.32 Å². The molecule has 0 aliphatic carbocycles. The van der Waals surface area contributed by atoms with Gasteiger partial charge in [0.15, 0.2) is 0 Å². The maximum absolute atomic E-state index is 11.6. The van der Waals surface area contributed by atoms with Crippen LogP contribution in [0.4, 0.5) is 0 Å². The number of hydrogen-bond acceptors (Lipinski definition) is 2. The fourth-order valence-electron chi connectivity index (χ4n) is 1.46. The van der Waals surface area contributed by atoms with E-state index < -0.39 is 0 Å². The Kier molecular flexibility index (Phi) is 7.59. The first-order valence-electron chi connectivity index (χ1n) is 5.73. The highest BCUT2D eigenvalue weighted by Gasteiger charge is 2.06. The zero-order valence-corrected chi connectivity index (χ0v) is 11.2. The lowest BCUT2D eigenvalue weighted by Gasteiger charge is -2.11. The summed E-state index contributed by atoms with van der Waals surface area (Å²) in [6.07, 6.45) is 1.45. The number of rotatable bonds is 5. The van der Waals surface area contributed by atoms with Gasteiger partial charge in [-0.3, -0.25) is 4.79 Å². The number of hydrogen-bond donors (Lipinski definition) is 2. The summed E-state index contributed by atoms with van der Waals surface area (Å²) in [7, 11) is 0. The summed E-state index contributed by atoms with van der Waals surface area (Å²) in [5.41, 5.74) is 7.77. The number of amides is 1. The van der Waals surface area contributed by atoms with Gasteiger partial charge in [-0.15, -0.1) is 12.4 Å². The third-order valence-electron chi connectivity index (χ3n) is 2.56. The standard InChI is InChI=1S/C13H20N2O.ClH/c1-3-11-4-6-12(7-5-11)8-13(16)15-10(2)9-14;/h4-7,10H,3,8-9,14H2,1-2H3,(H,15,16);1H/t10-;/m0./s1. The first-order valence-corrected chi connectivity index (χ1v) is 5.73. The highest BCUT2D eigenvalue weighted by atomic mass is 35.5. The third-order valence-corrected chi connectivity index (χ3v) is 2.56. The van der Waals surface area contributed by atoms with Gasteiger partial charge in [-0.25, -0.2) is 0 Å². The predicted octanol–water partition coefficient (Wildman–Crippen LogP) is 1.68. The summed E-state index contributed by atoms with van der Waals surface area (Å²) in [5, 5.41) is 2.84. The summed E-state index contributed by atoms with van der Waals surface area (Å²) in [4.78, 5) is 11.6. The van der Waals surface area contributed by atoms with Crippen LogP contribution in [0.15, 0.2) is 24.3 Å². The van der Waals surface area contributed by atoms with Crippen molar-refractivity contribution >= 4 is 18.3 Å². The summed E-state index contributed by atoms with van der Waals surface area (Å²) in [6, 6.07) is 8.18. The first-order chi connectivity index (χ1) is 7.65. The second kappa shape index (κ2) is 8.09. The average Bonchev–Trinajstić information content (AvgIpc) is 2.29. The van der Waals surface area contributed by atoms with E-state index in [-0.39, 0.29) is 24.4 Å². The van der Waals surface area contributed by atoms with Crippen LogP contribution >= 0.6 is 12.4 Å². The van der Waals surface area contributed by atoms with Crippen LogP contribution in [0, 0.1) is 0 Å². The van der Waals surface area contributed by atoms with E-state index in [4.69, 9.17) is 5.73 Å². The number of carbonyl (C=O) groups excluding carboxylic acids is 1. The molecule has 0 radical (unpaired) electrons. The highest BCUT2D eigenvalue weighted by Crippen LogP contribution is 2.05. The van der Waals surface area contributed by atoms with Crippen molar-refractivity contribution < 1.29 is 4.79 Å². The van der Waals surface area contributed by atoms with Crippen LogP contribution < -0.4 is 11.1 Å². The van der Waals surface area contributed by atoms with Crippen LogP contribution in [0.3, 0.4) is 0 Å². The fourth-order valence-corrected chi connectivity index (χ4v) is 1.46. The van der Waals surface area contributed by atoms with Crippen molar-refractivity contribution in [2.45, 2.75) is 32.7 Å². The summed E-state index contributed by atoms with van der Waals surface area (Å²) >= 11 is 0. The number of carbonyl (C=O) groups is 1. The SMILES string of the molecule is CCc1ccc(CC(=O)N[C@@H](C)CN)cc1.Cl. The Hall–Kier alpha value is -1.06. The van der Waals surface area contributed by atoms with E-state index in [1.807, 2.05) is 19.1 Å². The van der Waals surface area contributed by atoms with E-state index in [1.165, 1.54) is 5.56 Å². The van der Waals surface area contributed by atoms with Crippen molar-refractivity contribution in [3.63, 3.8) is 0 Å². The largest absolute Gasteiger partial charge is 0.352 e. The highest BCUT2D eigenvalue weighted by molar-refractivity contribution is 5.85. The molecule has 0 unspecified atom stereocenters. The minimum absolute atomic E-state index is 0. The second-order valence-electron chi connectivity index (χ2n) is 4.05. The van der Waals surface area contributed by atoms with E-state index >= 15 is 0 Å². The van der Waals surface area contributed by atoms with Gasteiger partial charge in [0.1, 0.15) is 0 Å². The molecular weight excluding hydrogens is 236 g/mol. The van der Waals surface area contributed by atoms with Crippen molar-refractivity contribution in [1.29, 1.82) is 0 Å². The molecule has 3 N–H and O–H groups in total. The zero-order chi connectivity index (χ0) is 12.0. The molecule has 0 spiro atoms. The number of nitrogens with two attached hydrogens (primary N) is 1. The lowest BCUT2D eigenvalue weighted by Crippen LogP contribution is -2.38. The van der Waals surface area contributed by atoms with Gasteiger partial charge in [0.05, 0.1) is 6.42 Å². The molecule has 0 saturated heterocycles. The maximum Gasteiger partial charge on any atom is 0.224 e. The van der Waals surface area contributed by atoms with Gasteiger partial charge in [0.2, 0.25) is 5.91 Å². The summed E-state index contributed by atoms with van der Waals surface area (Å²) in [6.45, 7) is 4.49. The number of nitrogens with one attached hydrogen (secondary N) is 1. The van der Waals surface area contributed by atoms with Crippen molar-refractivity contribution in [2.75, 3.05) is 6.54 Å². The molecule has 0 heterocycles. The number of halogens is 1. The predicted molar refractivity (Wildman–Crippen MR) is 73.4 cm³/mol. The minimum Gasteiger partial charge on any atom is -0.352 e. The molecule has 0 aliphatic rings. The molecule has 1 rings (SSSR count). The number of benzene rings is 1. The monoisotopic (exact) mass is 256 g/mol. The van der Waals surface area contributed by atoms with Gasteiger partial charge in [-0.05, 0) is 24.5 Å². The lowest BCUT2D eigenvalue weighted by molar-refractivity contribution is -0.120. The molecule has 0 aromatic heterocycles. The smallest absolute Gasteiger partial charge is 0.224 e. The fraction of sp³-hybridized carbons (Fsp3) is 0.462. The molecule has 17 heavy (non-hydrogen) atoms. The van der Waals surface area contributed by atoms with Gasteiger partial charge in [0.25, 0.3) is 0 Å². The topological polar surface area (TPSA) is 55.1 Å². The normalized spacial score (nSPS) is 11.5. The summed E-state index contributed by atoms with van der Waals surface area (Å²) in [5.74, 6) is 0.0298. The molecule has 96 valence electrons. The quantitative estimate of drug-likeness (QED) is 0.842. The molecule has 4 heteroatoms. The van der Waals surface area contributed by atoms with Crippen LogP contribution in [0.2, 0.25) is 0 Å². The van der Waals surface area contributed by atoms with E-state index in [0.717, 1.165) is 12.0 Å². The Labute approximate surface area is 109 Å². The Balaban J connectivity index is 0.00000256. The Bertz CT molecular complexity index is 338. The van der Waals surface area contributed by atoms with E-state index in [1.54, 1.807) is 0 Å². The molecule has 1 aromatic rings. The second-order valence-corrected chi connectivity index (χ2v) is 4.05. The summed E-state index contributed by atoms with van der Waals surface area (Å²) < 4.78 is 0. The molecule has 1 atom stereocenters. The van der Waals surface area contributed by atoms with Gasteiger partial charge in [-0.1, -0.05) is 31.2 Å². The zero-order valence-electron chi connectivity index (χ0n) is 10.4. The third kappa shape index (κ3) is 5.71. The van der Waals surface area contributed by atoms with Gasteiger partial charge >= 0.3 is 0 Å². The molecule has 0 bridgehead atoms. The van der Waals surface area contributed by atoms with Crippen molar-refractivity contribution in [3.05, 3.63) is 35.4 Å². The van der Waals surface area contributed by atoms with Crippen LogP contribution in [0.5, 0.6) is 0 Å². The van der Waals surface area contributed by atoms with Crippen LogP contribution in [0.1, 0.15) is 25.0 Å². The van der Waals surface area contributed by atoms with Gasteiger partial charge < -0.3 is 11.1 Å². The Morgan fingerprint density at radius 2 is 1.82 bits per heavy atom. The molecule has 3 nitrogen and oxygen atoms in total. The lowest BCUT2D eigenvalue weighted by atomic mass is 10.1. The van der Waals surface area contributed by atoms with E-state index in [2.05, 4.69) is 24.4 Å². The minimum atomic E-state index is 0. The molecule has 1 amide bonds. The van der Waals surface area contributed by atoms with Crippen molar-refractivity contribution in [3.8, 4) is 0 Å².